The lowest BCUT2D eigenvalue weighted by Gasteiger charge is -2.26. The van der Waals surface area contributed by atoms with E-state index in [1.165, 1.54) is 10.5 Å². The molecular formula is C19H22N2O2S. The molecule has 1 aliphatic heterocycles. The molecule has 0 aliphatic carbocycles. The van der Waals surface area contributed by atoms with Gasteiger partial charge in [0.1, 0.15) is 0 Å². The van der Waals surface area contributed by atoms with Crippen molar-refractivity contribution >= 4 is 28.6 Å². The molecule has 0 radical (unpaired) electrons. The molecule has 3 rings (SSSR count). The van der Waals surface area contributed by atoms with Crippen LogP contribution in [0.5, 0.6) is 0 Å². The fraction of sp³-hybridized carbons (Fsp3) is 0.316. The smallest absolute Gasteiger partial charge is 0.322 e. The maximum Gasteiger partial charge on any atom is 0.322 e. The topological polar surface area (TPSA) is 41.6 Å². The summed E-state index contributed by atoms with van der Waals surface area (Å²) in [7, 11) is 1.68. The van der Waals surface area contributed by atoms with Crippen molar-refractivity contribution in [3.63, 3.8) is 0 Å². The van der Waals surface area contributed by atoms with Gasteiger partial charge in [-0.15, -0.1) is 11.3 Å². The van der Waals surface area contributed by atoms with Gasteiger partial charge in [-0.2, -0.15) is 0 Å². The monoisotopic (exact) mass is 342 g/mol. The van der Waals surface area contributed by atoms with Gasteiger partial charge < -0.3 is 15.0 Å². The Morgan fingerprint density at radius 2 is 2.21 bits per heavy atom. The van der Waals surface area contributed by atoms with Crippen LogP contribution in [-0.4, -0.2) is 31.1 Å². The predicted molar refractivity (Wildman–Crippen MR) is 99.4 cm³/mol. The zero-order chi connectivity index (χ0) is 16.9. The number of thiophene rings is 1. The van der Waals surface area contributed by atoms with E-state index in [4.69, 9.17) is 4.74 Å². The van der Waals surface area contributed by atoms with E-state index in [1.807, 2.05) is 36.1 Å². The number of nitrogens with one attached hydrogen (secondary N) is 1. The summed E-state index contributed by atoms with van der Waals surface area (Å²) >= 11 is 1.75. The highest BCUT2D eigenvalue weighted by molar-refractivity contribution is 7.11. The quantitative estimate of drug-likeness (QED) is 0.869. The minimum absolute atomic E-state index is 0.00752. The lowest BCUT2D eigenvalue weighted by Crippen LogP contribution is -2.37. The first-order valence-corrected chi connectivity index (χ1v) is 8.97. The molecule has 1 N–H and O–H groups in total. The summed E-state index contributed by atoms with van der Waals surface area (Å²) < 4.78 is 5.33. The number of ether oxygens (including phenoxy) is 1. The number of carbonyl (C=O) groups is 1. The number of methoxy groups -OCH3 is 1. The van der Waals surface area contributed by atoms with E-state index in [2.05, 4.69) is 28.9 Å². The minimum Gasteiger partial charge on any atom is -0.377 e. The third-order valence-electron chi connectivity index (χ3n) is 4.29. The van der Waals surface area contributed by atoms with Gasteiger partial charge in [0.2, 0.25) is 0 Å². The number of hydrogen-bond donors (Lipinski definition) is 1. The van der Waals surface area contributed by atoms with Crippen molar-refractivity contribution < 1.29 is 9.53 Å². The molecule has 5 heteroatoms. The average molecular weight is 342 g/mol. The Kier molecular flexibility index (Phi) is 5.33. The molecule has 126 valence electrons. The number of benzene rings is 1. The zero-order valence-corrected chi connectivity index (χ0v) is 14.8. The second-order valence-corrected chi connectivity index (χ2v) is 6.78. The molecule has 24 heavy (non-hydrogen) atoms. The van der Waals surface area contributed by atoms with Gasteiger partial charge in [-0.1, -0.05) is 24.3 Å². The summed E-state index contributed by atoms with van der Waals surface area (Å²) in [5.74, 6) is 0. The number of hydrogen-bond acceptors (Lipinski definition) is 3. The van der Waals surface area contributed by atoms with Gasteiger partial charge in [0.15, 0.2) is 0 Å². The van der Waals surface area contributed by atoms with Crippen LogP contribution < -0.4 is 5.32 Å². The molecule has 0 fully saturated rings. The van der Waals surface area contributed by atoms with E-state index in [-0.39, 0.29) is 12.1 Å². The van der Waals surface area contributed by atoms with E-state index in [0.29, 0.717) is 6.54 Å². The third kappa shape index (κ3) is 3.86. The van der Waals surface area contributed by atoms with Crippen LogP contribution in [0, 0.1) is 0 Å². The largest absolute Gasteiger partial charge is 0.377 e. The molecule has 4 nitrogen and oxygen atoms in total. The standard InChI is InChI=1S/C19H22N2O2S/c1-14(23-2)16-5-3-6-17(13-16)20-19(22)21-10-8-15(9-11-21)18-7-4-12-24-18/h3-8,12-14H,9-11H2,1-2H3,(H,20,22). The van der Waals surface area contributed by atoms with Gasteiger partial charge in [0.25, 0.3) is 0 Å². The van der Waals surface area contributed by atoms with E-state index in [9.17, 15) is 4.79 Å². The second-order valence-electron chi connectivity index (χ2n) is 5.84. The maximum absolute atomic E-state index is 12.5. The first-order chi connectivity index (χ1) is 11.7. The van der Waals surface area contributed by atoms with Crippen molar-refractivity contribution in [3.05, 3.63) is 58.3 Å². The Balaban J connectivity index is 1.62. The Morgan fingerprint density at radius 1 is 1.33 bits per heavy atom. The number of amides is 2. The SMILES string of the molecule is COC(C)c1cccc(NC(=O)N2CC=C(c3cccs3)CC2)c1. The van der Waals surface area contributed by atoms with Crippen LogP contribution in [0.2, 0.25) is 0 Å². The number of anilines is 1. The maximum atomic E-state index is 12.5. The van der Waals surface area contributed by atoms with Crippen molar-refractivity contribution in [1.29, 1.82) is 0 Å². The molecule has 1 atom stereocenters. The van der Waals surface area contributed by atoms with Gasteiger partial charge >= 0.3 is 6.03 Å². The van der Waals surface area contributed by atoms with E-state index < -0.39 is 0 Å². The van der Waals surface area contributed by atoms with Crippen LogP contribution in [0.3, 0.4) is 0 Å². The van der Waals surface area contributed by atoms with E-state index in [1.54, 1.807) is 18.4 Å². The normalized spacial score (nSPS) is 15.8. The van der Waals surface area contributed by atoms with Crippen molar-refractivity contribution in [1.82, 2.24) is 4.90 Å². The number of rotatable bonds is 4. The molecule has 1 aliphatic rings. The number of carbonyl (C=O) groups excluding carboxylic acids is 1. The summed E-state index contributed by atoms with van der Waals surface area (Å²) in [5.41, 5.74) is 3.19. The van der Waals surface area contributed by atoms with Gasteiger partial charge in [0.05, 0.1) is 6.10 Å². The highest BCUT2D eigenvalue weighted by Gasteiger charge is 2.18. The molecule has 2 amide bonds. The summed E-state index contributed by atoms with van der Waals surface area (Å²) in [6, 6.07) is 11.9. The molecule has 2 heterocycles. The summed E-state index contributed by atoms with van der Waals surface area (Å²) in [4.78, 5) is 15.6. The lowest BCUT2D eigenvalue weighted by molar-refractivity contribution is 0.119. The van der Waals surface area contributed by atoms with Crippen molar-refractivity contribution in [2.45, 2.75) is 19.4 Å². The zero-order valence-electron chi connectivity index (χ0n) is 14.0. The second kappa shape index (κ2) is 7.64. The Labute approximate surface area is 146 Å². The van der Waals surface area contributed by atoms with Gasteiger partial charge in [-0.25, -0.2) is 4.79 Å². The van der Waals surface area contributed by atoms with Crippen LogP contribution in [0.4, 0.5) is 10.5 Å². The van der Waals surface area contributed by atoms with Crippen molar-refractivity contribution in [2.24, 2.45) is 0 Å². The molecule has 0 spiro atoms. The lowest BCUT2D eigenvalue weighted by atomic mass is 10.1. The van der Waals surface area contributed by atoms with Gasteiger partial charge in [-0.05, 0) is 48.1 Å². The number of nitrogens with zero attached hydrogens (tertiary/aromatic N) is 1. The van der Waals surface area contributed by atoms with Crippen LogP contribution in [0.1, 0.15) is 29.9 Å². The highest BCUT2D eigenvalue weighted by Crippen LogP contribution is 2.26. The molecule has 1 unspecified atom stereocenters. The van der Waals surface area contributed by atoms with E-state index >= 15 is 0 Å². The molecule has 1 aromatic carbocycles. The Bertz CT molecular complexity index is 725. The molecule has 0 saturated carbocycles. The third-order valence-corrected chi connectivity index (χ3v) is 5.24. The Morgan fingerprint density at radius 3 is 2.88 bits per heavy atom. The van der Waals surface area contributed by atoms with Crippen LogP contribution in [0.25, 0.3) is 5.57 Å². The molecule has 0 bridgehead atoms. The summed E-state index contributed by atoms with van der Waals surface area (Å²) in [5, 5.41) is 5.07. The van der Waals surface area contributed by atoms with Crippen LogP contribution in [-0.2, 0) is 4.74 Å². The fourth-order valence-electron chi connectivity index (χ4n) is 2.75. The van der Waals surface area contributed by atoms with E-state index in [0.717, 1.165) is 24.2 Å². The minimum atomic E-state index is -0.0568. The summed E-state index contributed by atoms with van der Waals surface area (Å²) in [6.07, 6.45) is 3.06. The van der Waals surface area contributed by atoms with Crippen LogP contribution >= 0.6 is 11.3 Å². The Hall–Kier alpha value is -2.11. The summed E-state index contributed by atoms with van der Waals surface area (Å²) in [6.45, 7) is 3.37. The molecule has 0 saturated heterocycles. The van der Waals surface area contributed by atoms with Crippen molar-refractivity contribution in [3.8, 4) is 0 Å². The highest BCUT2D eigenvalue weighted by atomic mass is 32.1. The van der Waals surface area contributed by atoms with Crippen LogP contribution in [0.15, 0.2) is 47.9 Å². The average Bonchev–Trinajstić information content (AvgIpc) is 3.16. The fourth-order valence-corrected chi connectivity index (χ4v) is 3.54. The van der Waals surface area contributed by atoms with Gasteiger partial charge in [-0.3, -0.25) is 0 Å². The molecule has 2 aromatic rings. The molecule has 1 aromatic heterocycles. The van der Waals surface area contributed by atoms with Gasteiger partial charge in [0, 0.05) is 30.8 Å². The first kappa shape index (κ1) is 16.7. The predicted octanol–water partition coefficient (Wildman–Crippen LogP) is 4.78. The first-order valence-electron chi connectivity index (χ1n) is 8.09. The number of urea groups is 1. The van der Waals surface area contributed by atoms with Crippen molar-refractivity contribution in [2.75, 3.05) is 25.5 Å². The molecular weight excluding hydrogens is 320 g/mol.